The molecule has 0 atom stereocenters. The van der Waals surface area contributed by atoms with E-state index in [1.54, 1.807) is 0 Å². The molecule has 0 bridgehead atoms. The second-order valence-electron chi connectivity index (χ2n) is 4.43. The van der Waals surface area contributed by atoms with Crippen molar-refractivity contribution < 1.29 is 0 Å². The highest BCUT2D eigenvalue weighted by Crippen LogP contribution is 2.21. The Morgan fingerprint density at radius 1 is 1.00 bits per heavy atom. The third-order valence-corrected chi connectivity index (χ3v) is 4.74. The van der Waals surface area contributed by atoms with Gasteiger partial charge in [-0.1, -0.05) is 63.6 Å². The van der Waals surface area contributed by atoms with Gasteiger partial charge in [0, 0.05) is 5.75 Å². The van der Waals surface area contributed by atoms with Gasteiger partial charge in [-0.3, -0.25) is 0 Å². The van der Waals surface area contributed by atoms with E-state index >= 15 is 0 Å². The largest absolute Gasteiger partial charge is 0.213 e. The molecule has 0 aromatic carbocycles. The molecule has 4 heteroatoms. The van der Waals surface area contributed by atoms with E-state index in [-0.39, 0.29) is 0 Å². The molecule has 1 heterocycles. The van der Waals surface area contributed by atoms with E-state index < -0.39 is 0 Å². The summed E-state index contributed by atoms with van der Waals surface area (Å²) in [4.78, 5) is 4.35. The van der Waals surface area contributed by atoms with Crippen LogP contribution in [0.2, 0.25) is 0 Å². The molecule has 1 aromatic heterocycles. The molecular formula is C13H24N2S2. The average Bonchev–Trinajstić information content (AvgIpc) is 2.73. The molecule has 98 valence electrons. The van der Waals surface area contributed by atoms with Gasteiger partial charge >= 0.3 is 0 Å². The first kappa shape index (κ1) is 15.0. The molecule has 0 fully saturated rings. The maximum absolute atomic E-state index is 4.35. The van der Waals surface area contributed by atoms with Crippen LogP contribution in [0, 0.1) is 6.92 Å². The van der Waals surface area contributed by atoms with Crippen LogP contribution in [0.3, 0.4) is 0 Å². The molecule has 0 aliphatic heterocycles. The summed E-state index contributed by atoms with van der Waals surface area (Å²) in [6.45, 7) is 4.23. The normalized spacial score (nSPS) is 10.9. The van der Waals surface area contributed by atoms with Crippen LogP contribution < -0.4 is 0 Å². The molecular weight excluding hydrogens is 248 g/mol. The highest BCUT2D eigenvalue weighted by Gasteiger charge is 2.00. The summed E-state index contributed by atoms with van der Waals surface area (Å²) in [6, 6.07) is 0. The SMILES string of the molecule is CCCCCCCCCCSc1nc(C)ns1. The van der Waals surface area contributed by atoms with E-state index in [2.05, 4.69) is 16.3 Å². The summed E-state index contributed by atoms with van der Waals surface area (Å²) >= 11 is 3.39. The Morgan fingerprint density at radius 3 is 2.24 bits per heavy atom. The van der Waals surface area contributed by atoms with Crippen molar-refractivity contribution in [3.05, 3.63) is 5.82 Å². The quantitative estimate of drug-likeness (QED) is 0.439. The zero-order valence-corrected chi connectivity index (χ0v) is 12.7. The molecule has 0 N–H and O–H groups in total. The molecule has 0 aliphatic rings. The van der Waals surface area contributed by atoms with Crippen LogP contribution in [0.5, 0.6) is 0 Å². The fourth-order valence-corrected chi connectivity index (χ4v) is 3.45. The third-order valence-electron chi connectivity index (χ3n) is 2.73. The maximum Gasteiger partial charge on any atom is 0.170 e. The molecule has 0 amide bonds. The molecule has 1 rings (SSSR count). The lowest BCUT2D eigenvalue weighted by Gasteiger charge is -2.00. The van der Waals surface area contributed by atoms with Crippen LogP contribution in [-0.2, 0) is 0 Å². The Morgan fingerprint density at radius 2 is 1.65 bits per heavy atom. The number of hydrogen-bond acceptors (Lipinski definition) is 4. The van der Waals surface area contributed by atoms with E-state index in [9.17, 15) is 0 Å². The molecule has 0 unspecified atom stereocenters. The van der Waals surface area contributed by atoms with Crippen LogP contribution in [0.1, 0.15) is 64.1 Å². The summed E-state index contributed by atoms with van der Waals surface area (Å²) in [5, 5.41) is 0. The first-order chi connectivity index (χ1) is 8.33. The molecule has 0 spiro atoms. The standard InChI is InChI=1S/C13H24N2S2/c1-3-4-5-6-7-8-9-10-11-16-13-14-12(2)15-17-13/h3-11H2,1-2H3. The molecule has 17 heavy (non-hydrogen) atoms. The topological polar surface area (TPSA) is 25.8 Å². The lowest BCUT2D eigenvalue weighted by Crippen LogP contribution is -1.83. The number of thioether (sulfide) groups is 1. The van der Waals surface area contributed by atoms with E-state index in [4.69, 9.17) is 0 Å². The van der Waals surface area contributed by atoms with Crippen LogP contribution >= 0.6 is 23.3 Å². The predicted octanol–water partition coefficient (Wildman–Crippen LogP) is 5.08. The van der Waals surface area contributed by atoms with Gasteiger partial charge in [0.25, 0.3) is 0 Å². The van der Waals surface area contributed by atoms with Crippen molar-refractivity contribution in [2.45, 2.75) is 69.6 Å². The van der Waals surface area contributed by atoms with Gasteiger partial charge < -0.3 is 0 Å². The monoisotopic (exact) mass is 272 g/mol. The Balaban J connectivity index is 1.84. The van der Waals surface area contributed by atoms with E-state index in [0.717, 1.165) is 10.2 Å². The van der Waals surface area contributed by atoms with E-state index in [0.29, 0.717) is 0 Å². The maximum atomic E-state index is 4.35. The molecule has 0 saturated carbocycles. The number of rotatable bonds is 10. The first-order valence-electron chi connectivity index (χ1n) is 6.76. The summed E-state index contributed by atoms with van der Waals surface area (Å²) in [6.07, 6.45) is 11.1. The summed E-state index contributed by atoms with van der Waals surface area (Å²) in [5.41, 5.74) is 0. The van der Waals surface area contributed by atoms with E-state index in [1.165, 1.54) is 68.7 Å². The van der Waals surface area contributed by atoms with Gasteiger partial charge in [0.05, 0.1) is 0 Å². The van der Waals surface area contributed by atoms with Crippen molar-refractivity contribution in [1.29, 1.82) is 0 Å². The second-order valence-corrected chi connectivity index (χ2v) is 6.52. The minimum atomic E-state index is 0.911. The van der Waals surface area contributed by atoms with Crippen LogP contribution in [0.15, 0.2) is 4.34 Å². The van der Waals surface area contributed by atoms with Crippen LogP contribution in [0.25, 0.3) is 0 Å². The highest BCUT2D eigenvalue weighted by atomic mass is 32.2. The van der Waals surface area contributed by atoms with Gasteiger partial charge in [0.1, 0.15) is 5.82 Å². The Hall–Kier alpha value is -0.0900. The number of aromatic nitrogens is 2. The lowest BCUT2D eigenvalue weighted by molar-refractivity contribution is 0.586. The average molecular weight is 272 g/mol. The number of nitrogens with zero attached hydrogens (tertiary/aromatic N) is 2. The van der Waals surface area contributed by atoms with Gasteiger partial charge in [0.2, 0.25) is 0 Å². The molecule has 0 aliphatic carbocycles. The molecule has 0 saturated heterocycles. The zero-order chi connectivity index (χ0) is 12.3. The third kappa shape index (κ3) is 7.77. The van der Waals surface area contributed by atoms with E-state index in [1.807, 2.05) is 18.7 Å². The molecule has 1 aromatic rings. The van der Waals surface area contributed by atoms with Crippen molar-refractivity contribution in [1.82, 2.24) is 9.36 Å². The van der Waals surface area contributed by atoms with Gasteiger partial charge in [-0.2, -0.15) is 4.37 Å². The minimum Gasteiger partial charge on any atom is -0.213 e. The van der Waals surface area contributed by atoms with Gasteiger partial charge in [-0.25, -0.2) is 4.98 Å². The molecule has 2 nitrogen and oxygen atoms in total. The first-order valence-corrected chi connectivity index (χ1v) is 8.52. The summed E-state index contributed by atoms with van der Waals surface area (Å²) in [7, 11) is 0. The number of aryl methyl sites for hydroxylation is 1. The Kier molecular flexibility index (Phi) is 8.71. The number of unbranched alkanes of at least 4 members (excludes halogenated alkanes) is 7. The van der Waals surface area contributed by atoms with Gasteiger partial charge in [-0.15, -0.1) is 0 Å². The minimum absolute atomic E-state index is 0.911. The molecule has 0 radical (unpaired) electrons. The lowest BCUT2D eigenvalue weighted by atomic mass is 10.1. The predicted molar refractivity (Wildman–Crippen MR) is 78.0 cm³/mol. The van der Waals surface area contributed by atoms with Gasteiger partial charge in [-0.05, 0) is 24.9 Å². The smallest absolute Gasteiger partial charge is 0.170 e. The van der Waals surface area contributed by atoms with Crippen molar-refractivity contribution in [2.24, 2.45) is 0 Å². The fourth-order valence-electron chi connectivity index (χ4n) is 1.73. The Bertz CT molecular complexity index is 287. The second kappa shape index (κ2) is 9.89. The van der Waals surface area contributed by atoms with Crippen molar-refractivity contribution >= 4 is 23.3 Å². The fraction of sp³-hybridized carbons (Fsp3) is 0.846. The summed E-state index contributed by atoms with van der Waals surface area (Å²) < 4.78 is 5.31. The highest BCUT2D eigenvalue weighted by molar-refractivity contribution is 8.00. The van der Waals surface area contributed by atoms with Crippen LogP contribution in [0.4, 0.5) is 0 Å². The Labute approximate surface area is 114 Å². The van der Waals surface area contributed by atoms with Gasteiger partial charge in [0.15, 0.2) is 4.34 Å². The van der Waals surface area contributed by atoms with Crippen LogP contribution in [-0.4, -0.2) is 15.1 Å². The van der Waals surface area contributed by atoms with Crippen molar-refractivity contribution in [3.8, 4) is 0 Å². The number of hydrogen-bond donors (Lipinski definition) is 0. The zero-order valence-electron chi connectivity index (χ0n) is 11.1. The van der Waals surface area contributed by atoms with Crippen molar-refractivity contribution in [2.75, 3.05) is 5.75 Å². The summed E-state index contributed by atoms with van der Waals surface area (Å²) in [5.74, 6) is 2.11. The van der Waals surface area contributed by atoms with Crippen molar-refractivity contribution in [3.63, 3.8) is 0 Å².